The lowest BCUT2D eigenvalue weighted by molar-refractivity contribution is -0.209. The normalized spacial score (nSPS) is 18.4. The second-order valence-electron chi connectivity index (χ2n) is 3.87. The number of carbonyl (C=O) groups is 1. The Morgan fingerprint density at radius 3 is 2.44 bits per heavy atom. The Balaban J connectivity index is 2.05. The zero-order chi connectivity index (χ0) is 12.0. The predicted octanol–water partition coefficient (Wildman–Crippen LogP) is 1.68. The molecule has 94 valence electrons. The molecule has 4 nitrogen and oxygen atoms in total. The summed E-state index contributed by atoms with van der Waals surface area (Å²) >= 11 is 0. The maximum Gasteiger partial charge on any atom is 0.492 e. The van der Waals surface area contributed by atoms with Gasteiger partial charge in [0.1, 0.15) is 0 Å². The molecule has 0 aromatic heterocycles. The fourth-order valence-electron chi connectivity index (χ4n) is 1.72. The first-order valence-corrected chi connectivity index (χ1v) is 5.26. The molecule has 1 aliphatic carbocycles. The van der Waals surface area contributed by atoms with Gasteiger partial charge in [-0.1, -0.05) is 24.9 Å². The molecular weight excluding hydrogens is 225 g/mol. The van der Waals surface area contributed by atoms with Gasteiger partial charge in [0.05, 0.1) is 0 Å². The van der Waals surface area contributed by atoms with Crippen molar-refractivity contribution >= 4 is 5.97 Å². The highest BCUT2D eigenvalue weighted by Gasteiger charge is 2.41. The van der Waals surface area contributed by atoms with Crippen LogP contribution in [0.5, 0.6) is 0 Å². The number of hydrazine groups is 1. The molecule has 0 atom stereocenters. The number of hydrogen-bond acceptors (Lipinski definition) is 4. The van der Waals surface area contributed by atoms with Gasteiger partial charge in [-0.3, -0.25) is 0 Å². The van der Waals surface area contributed by atoms with Crippen molar-refractivity contribution in [2.24, 2.45) is 5.92 Å². The number of hydrogen-bond donors (Lipinski definition) is 2. The monoisotopic (exact) mass is 240 g/mol. The van der Waals surface area contributed by atoms with Crippen molar-refractivity contribution in [2.45, 2.75) is 38.3 Å². The van der Waals surface area contributed by atoms with Gasteiger partial charge < -0.3 is 4.84 Å². The zero-order valence-electron chi connectivity index (χ0n) is 8.77. The number of nitrogens with one attached hydrogen (secondary N) is 2. The Labute approximate surface area is 91.4 Å². The summed E-state index contributed by atoms with van der Waals surface area (Å²) in [4.78, 5) is 14.0. The van der Waals surface area contributed by atoms with Gasteiger partial charge in [-0.15, -0.1) is 0 Å². The maximum atomic E-state index is 11.7. The lowest BCUT2D eigenvalue weighted by Gasteiger charge is -2.21. The molecule has 0 amide bonds. The molecular formula is C9H15F3N2O2. The minimum Gasteiger partial charge on any atom is -0.348 e. The predicted molar refractivity (Wildman–Crippen MR) is 49.9 cm³/mol. The Morgan fingerprint density at radius 2 is 1.88 bits per heavy atom. The maximum absolute atomic E-state index is 11.7. The quantitative estimate of drug-likeness (QED) is 0.580. The summed E-state index contributed by atoms with van der Waals surface area (Å²) in [7, 11) is 0. The standard InChI is InChI=1S/C9H15F3N2O2/c10-9(11,12)8(15)16-14-13-6-7-4-2-1-3-5-7/h7,13-14H,1-6H2. The average molecular weight is 240 g/mol. The minimum absolute atomic E-state index is 0.436. The van der Waals surface area contributed by atoms with E-state index in [4.69, 9.17) is 0 Å². The third kappa shape index (κ3) is 4.80. The van der Waals surface area contributed by atoms with Gasteiger partial charge in [-0.2, -0.15) is 13.2 Å². The van der Waals surface area contributed by atoms with E-state index in [0.717, 1.165) is 25.7 Å². The third-order valence-electron chi connectivity index (χ3n) is 2.56. The molecule has 0 aromatic carbocycles. The molecule has 2 N–H and O–H groups in total. The highest BCUT2D eigenvalue weighted by molar-refractivity contribution is 5.75. The van der Waals surface area contributed by atoms with Crippen molar-refractivity contribution in [1.82, 2.24) is 11.0 Å². The van der Waals surface area contributed by atoms with Gasteiger partial charge in [0, 0.05) is 6.54 Å². The SMILES string of the molecule is O=C(ONNCC1CCCCC1)C(F)(F)F. The van der Waals surface area contributed by atoms with Gasteiger partial charge in [-0.25, -0.2) is 10.2 Å². The molecule has 1 fully saturated rings. The Hall–Kier alpha value is -0.820. The topological polar surface area (TPSA) is 50.4 Å². The largest absolute Gasteiger partial charge is 0.492 e. The molecule has 0 heterocycles. The molecule has 0 radical (unpaired) electrons. The first-order valence-electron chi connectivity index (χ1n) is 5.26. The smallest absolute Gasteiger partial charge is 0.348 e. The van der Waals surface area contributed by atoms with E-state index >= 15 is 0 Å². The van der Waals surface area contributed by atoms with Gasteiger partial charge in [-0.05, 0) is 18.8 Å². The van der Waals surface area contributed by atoms with E-state index in [2.05, 4.69) is 10.3 Å². The van der Waals surface area contributed by atoms with Crippen LogP contribution in [0.3, 0.4) is 0 Å². The summed E-state index contributed by atoms with van der Waals surface area (Å²) in [5.74, 6) is -1.81. The van der Waals surface area contributed by atoms with Crippen LogP contribution in [0.1, 0.15) is 32.1 Å². The lowest BCUT2D eigenvalue weighted by atomic mass is 9.89. The summed E-state index contributed by atoms with van der Waals surface area (Å²) in [6.07, 6.45) is 0.666. The fourth-order valence-corrected chi connectivity index (χ4v) is 1.72. The second-order valence-corrected chi connectivity index (χ2v) is 3.87. The molecule has 7 heteroatoms. The van der Waals surface area contributed by atoms with E-state index in [1.165, 1.54) is 6.42 Å². The first-order chi connectivity index (χ1) is 7.50. The van der Waals surface area contributed by atoms with Crippen LogP contribution in [0.15, 0.2) is 0 Å². The number of halogens is 3. The molecule has 1 rings (SSSR count). The Kier molecular flexibility index (Phi) is 5.01. The van der Waals surface area contributed by atoms with E-state index < -0.39 is 12.1 Å². The zero-order valence-corrected chi connectivity index (χ0v) is 8.77. The molecule has 1 saturated carbocycles. The molecule has 0 unspecified atom stereocenters. The van der Waals surface area contributed by atoms with Crippen molar-refractivity contribution in [2.75, 3.05) is 6.54 Å². The minimum atomic E-state index is -4.96. The molecule has 1 aliphatic rings. The molecule has 0 bridgehead atoms. The fraction of sp³-hybridized carbons (Fsp3) is 0.889. The van der Waals surface area contributed by atoms with Crippen LogP contribution in [-0.4, -0.2) is 18.7 Å². The molecule has 0 spiro atoms. The summed E-state index contributed by atoms with van der Waals surface area (Å²) in [5.41, 5.74) is 4.28. The Morgan fingerprint density at radius 1 is 1.25 bits per heavy atom. The number of rotatable bonds is 4. The summed E-state index contributed by atoms with van der Waals surface area (Å²) in [6.45, 7) is 0.505. The van der Waals surface area contributed by atoms with Crippen molar-refractivity contribution in [3.8, 4) is 0 Å². The molecule has 0 aromatic rings. The van der Waals surface area contributed by atoms with Crippen molar-refractivity contribution in [3.63, 3.8) is 0 Å². The van der Waals surface area contributed by atoms with Gasteiger partial charge >= 0.3 is 12.1 Å². The molecule has 16 heavy (non-hydrogen) atoms. The first kappa shape index (κ1) is 13.2. The van der Waals surface area contributed by atoms with Crippen LogP contribution in [-0.2, 0) is 9.63 Å². The van der Waals surface area contributed by atoms with Crippen molar-refractivity contribution in [3.05, 3.63) is 0 Å². The van der Waals surface area contributed by atoms with Crippen molar-refractivity contribution < 1.29 is 22.8 Å². The van der Waals surface area contributed by atoms with E-state index in [1.54, 1.807) is 0 Å². The summed E-state index contributed by atoms with van der Waals surface area (Å²) in [5, 5.41) is 0. The highest BCUT2D eigenvalue weighted by atomic mass is 19.4. The summed E-state index contributed by atoms with van der Waals surface area (Å²) in [6, 6.07) is 0. The van der Waals surface area contributed by atoms with Crippen LogP contribution < -0.4 is 11.0 Å². The van der Waals surface area contributed by atoms with E-state index in [9.17, 15) is 18.0 Å². The van der Waals surface area contributed by atoms with Crippen LogP contribution in [0, 0.1) is 5.92 Å². The summed E-state index contributed by atoms with van der Waals surface area (Å²) < 4.78 is 35.1. The molecule has 0 saturated heterocycles. The lowest BCUT2D eigenvalue weighted by Crippen LogP contribution is -2.41. The van der Waals surface area contributed by atoms with Gasteiger partial charge in [0.2, 0.25) is 0 Å². The van der Waals surface area contributed by atoms with Crippen LogP contribution in [0.4, 0.5) is 13.2 Å². The van der Waals surface area contributed by atoms with Gasteiger partial charge in [0.15, 0.2) is 0 Å². The molecule has 0 aliphatic heterocycles. The van der Waals surface area contributed by atoms with Crippen LogP contribution in [0.2, 0.25) is 0 Å². The van der Waals surface area contributed by atoms with Crippen molar-refractivity contribution in [1.29, 1.82) is 0 Å². The van der Waals surface area contributed by atoms with Gasteiger partial charge in [0.25, 0.3) is 0 Å². The third-order valence-corrected chi connectivity index (χ3v) is 2.56. The van der Waals surface area contributed by atoms with E-state index in [0.29, 0.717) is 12.5 Å². The average Bonchev–Trinajstić information content (AvgIpc) is 2.24. The highest BCUT2D eigenvalue weighted by Crippen LogP contribution is 2.22. The Bertz CT molecular complexity index is 227. The van der Waals surface area contributed by atoms with Crippen LogP contribution >= 0.6 is 0 Å². The van der Waals surface area contributed by atoms with E-state index in [-0.39, 0.29) is 0 Å². The van der Waals surface area contributed by atoms with Crippen LogP contribution in [0.25, 0.3) is 0 Å². The van der Waals surface area contributed by atoms with E-state index in [1.807, 2.05) is 5.59 Å². The number of carbonyl (C=O) groups excluding carboxylic acids is 1. The number of alkyl halides is 3. The second kappa shape index (κ2) is 6.05.